The maximum absolute atomic E-state index is 10.1. The average Bonchev–Trinajstić information content (AvgIpc) is 1.97. The number of hydrogen-bond acceptors (Lipinski definition) is 4. The summed E-state index contributed by atoms with van der Waals surface area (Å²) >= 11 is 0. The van der Waals surface area contributed by atoms with E-state index in [1.807, 2.05) is 0 Å². The highest BCUT2D eigenvalue weighted by Crippen LogP contribution is 1.90. The first kappa shape index (κ1) is 9.94. The normalized spacial score (nSPS) is 15.8. The smallest absolute Gasteiger partial charge is 0.344 e. The van der Waals surface area contributed by atoms with Gasteiger partial charge in [0.05, 0.1) is 0 Å². The number of rotatable bonds is 0. The summed E-state index contributed by atoms with van der Waals surface area (Å²) in [6, 6.07) is 0. The predicted molar refractivity (Wildman–Crippen MR) is 37.9 cm³/mol. The standard InChI is InChI=1S/C4H4O4.C3H8/c5-3-1-7-4(6)2-8-3;1-3-2/h1-2H2;3H2,1-2H3. The van der Waals surface area contributed by atoms with Gasteiger partial charge in [-0.05, 0) is 0 Å². The number of carbonyl (C=O) groups excluding carboxylic acids is 2. The van der Waals surface area contributed by atoms with Crippen molar-refractivity contribution >= 4 is 11.9 Å². The van der Waals surface area contributed by atoms with Crippen molar-refractivity contribution in [2.45, 2.75) is 20.3 Å². The summed E-state index contributed by atoms with van der Waals surface area (Å²) in [5, 5.41) is 0. The van der Waals surface area contributed by atoms with Crippen LogP contribution in [0.4, 0.5) is 0 Å². The maximum Gasteiger partial charge on any atom is 0.344 e. The molecule has 11 heavy (non-hydrogen) atoms. The van der Waals surface area contributed by atoms with Gasteiger partial charge in [-0.25, -0.2) is 9.59 Å². The molecule has 4 heteroatoms. The Hall–Kier alpha value is -1.06. The summed E-state index contributed by atoms with van der Waals surface area (Å²) in [6.07, 6.45) is 1.25. The molecule has 1 heterocycles. The van der Waals surface area contributed by atoms with Crippen LogP contribution in [0.25, 0.3) is 0 Å². The molecule has 0 N–H and O–H groups in total. The Bertz CT molecular complexity index is 113. The molecule has 1 aliphatic heterocycles. The van der Waals surface area contributed by atoms with Crippen molar-refractivity contribution in [2.75, 3.05) is 13.2 Å². The Labute approximate surface area is 65.5 Å². The van der Waals surface area contributed by atoms with Crippen LogP contribution in [-0.4, -0.2) is 25.2 Å². The second-order valence-electron chi connectivity index (χ2n) is 2.03. The number of cyclic esters (lactones) is 2. The zero-order valence-corrected chi connectivity index (χ0v) is 6.75. The van der Waals surface area contributed by atoms with Gasteiger partial charge in [0, 0.05) is 0 Å². The molecule has 0 aromatic carbocycles. The van der Waals surface area contributed by atoms with Crippen LogP contribution in [0.2, 0.25) is 0 Å². The summed E-state index contributed by atoms with van der Waals surface area (Å²) in [5.41, 5.74) is 0. The summed E-state index contributed by atoms with van der Waals surface area (Å²) in [4.78, 5) is 20.2. The third-order valence-electron chi connectivity index (χ3n) is 0.702. The van der Waals surface area contributed by atoms with Gasteiger partial charge in [0.2, 0.25) is 0 Å². The van der Waals surface area contributed by atoms with Gasteiger partial charge in [-0.3, -0.25) is 0 Å². The Morgan fingerprint density at radius 2 is 1.36 bits per heavy atom. The molecule has 0 unspecified atom stereocenters. The lowest BCUT2D eigenvalue weighted by Gasteiger charge is -2.09. The fourth-order valence-corrected chi connectivity index (χ4v) is 0.362. The van der Waals surface area contributed by atoms with Crippen LogP contribution in [0.5, 0.6) is 0 Å². The van der Waals surface area contributed by atoms with Crippen molar-refractivity contribution < 1.29 is 19.1 Å². The lowest BCUT2D eigenvalue weighted by Crippen LogP contribution is -2.27. The summed E-state index contributed by atoms with van der Waals surface area (Å²) in [5.74, 6) is -0.964. The van der Waals surface area contributed by atoms with Crippen LogP contribution in [-0.2, 0) is 19.1 Å². The Morgan fingerprint density at radius 3 is 1.55 bits per heavy atom. The molecule has 0 saturated carbocycles. The van der Waals surface area contributed by atoms with Crippen molar-refractivity contribution in [3.05, 3.63) is 0 Å². The van der Waals surface area contributed by atoms with Gasteiger partial charge >= 0.3 is 11.9 Å². The highest BCUT2D eigenvalue weighted by Gasteiger charge is 2.16. The van der Waals surface area contributed by atoms with E-state index in [-0.39, 0.29) is 13.2 Å². The predicted octanol–water partition coefficient (Wildman–Crippen LogP) is 0.503. The van der Waals surface area contributed by atoms with Gasteiger partial charge < -0.3 is 9.47 Å². The zero-order chi connectivity index (χ0) is 8.69. The number of esters is 2. The number of hydrogen-bond donors (Lipinski definition) is 0. The van der Waals surface area contributed by atoms with Crippen LogP contribution >= 0.6 is 0 Å². The molecule has 0 amide bonds. The fourth-order valence-electron chi connectivity index (χ4n) is 0.362. The third kappa shape index (κ3) is 5.39. The lowest BCUT2D eigenvalue weighted by atomic mass is 10.6. The molecule has 1 saturated heterocycles. The van der Waals surface area contributed by atoms with E-state index in [0.717, 1.165) is 0 Å². The molecule has 1 rings (SSSR count). The van der Waals surface area contributed by atoms with E-state index in [4.69, 9.17) is 0 Å². The molecule has 0 aromatic heterocycles. The minimum absolute atomic E-state index is 0.237. The van der Waals surface area contributed by atoms with E-state index in [1.54, 1.807) is 0 Å². The zero-order valence-electron chi connectivity index (χ0n) is 6.75. The maximum atomic E-state index is 10.1. The van der Waals surface area contributed by atoms with Gasteiger partial charge in [0.15, 0.2) is 13.2 Å². The van der Waals surface area contributed by atoms with Crippen LogP contribution in [0.1, 0.15) is 20.3 Å². The third-order valence-corrected chi connectivity index (χ3v) is 0.702. The van der Waals surface area contributed by atoms with Crippen molar-refractivity contribution in [3.8, 4) is 0 Å². The van der Waals surface area contributed by atoms with E-state index in [9.17, 15) is 9.59 Å². The molecule has 4 nitrogen and oxygen atoms in total. The fraction of sp³-hybridized carbons (Fsp3) is 0.714. The summed E-state index contributed by atoms with van der Waals surface area (Å²) < 4.78 is 8.55. The second kappa shape index (κ2) is 5.70. The SMILES string of the molecule is CCC.O=C1COC(=O)CO1. The van der Waals surface area contributed by atoms with E-state index >= 15 is 0 Å². The van der Waals surface area contributed by atoms with Crippen molar-refractivity contribution in [3.63, 3.8) is 0 Å². The Morgan fingerprint density at radius 1 is 1.09 bits per heavy atom. The minimum atomic E-state index is -0.482. The molecule has 1 aliphatic rings. The van der Waals surface area contributed by atoms with E-state index in [1.165, 1.54) is 6.42 Å². The molecule has 0 radical (unpaired) electrons. The Kier molecular flexibility index (Phi) is 5.15. The van der Waals surface area contributed by atoms with E-state index in [0.29, 0.717) is 0 Å². The van der Waals surface area contributed by atoms with Crippen LogP contribution in [0.3, 0.4) is 0 Å². The highest BCUT2D eigenvalue weighted by atomic mass is 16.6. The molecule has 0 aromatic rings. The lowest BCUT2D eigenvalue weighted by molar-refractivity contribution is -0.174. The largest absolute Gasteiger partial charge is 0.451 e. The summed E-state index contributed by atoms with van der Waals surface area (Å²) in [6.45, 7) is 3.78. The topological polar surface area (TPSA) is 52.6 Å². The first-order valence-corrected chi connectivity index (χ1v) is 3.52. The van der Waals surface area contributed by atoms with Crippen molar-refractivity contribution in [1.82, 2.24) is 0 Å². The first-order chi connectivity index (χ1) is 5.20. The molecule has 1 fully saturated rings. The minimum Gasteiger partial charge on any atom is -0.451 e. The molecular formula is C7H12O4. The molecule has 0 spiro atoms. The van der Waals surface area contributed by atoms with E-state index in [2.05, 4.69) is 23.3 Å². The molecular weight excluding hydrogens is 148 g/mol. The second-order valence-corrected chi connectivity index (χ2v) is 2.03. The average molecular weight is 160 g/mol. The molecule has 0 atom stereocenters. The van der Waals surface area contributed by atoms with Gasteiger partial charge in [0.1, 0.15) is 0 Å². The van der Waals surface area contributed by atoms with Gasteiger partial charge in [-0.15, -0.1) is 0 Å². The van der Waals surface area contributed by atoms with Crippen molar-refractivity contribution in [2.24, 2.45) is 0 Å². The highest BCUT2D eigenvalue weighted by molar-refractivity contribution is 5.82. The molecule has 0 bridgehead atoms. The van der Waals surface area contributed by atoms with Gasteiger partial charge in [-0.1, -0.05) is 20.3 Å². The van der Waals surface area contributed by atoms with Gasteiger partial charge in [-0.2, -0.15) is 0 Å². The number of ether oxygens (including phenoxy) is 2. The van der Waals surface area contributed by atoms with E-state index < -0.39 is 11.9 Å². The summed E-state index contributed by atoms with van der Waals surface area (Å²) in [7, 11) is 0. The number of carbonyl (C=O) groups is 2. The molecule has 64 valence electrons. The molecule has 0 aliphatic carbocycles. The van der Waals surface area contributed by atoms with Crippen LogP contribution in [0, 0.1) is 0 Å². The quantitative estimate of drug-likeness (QED) is 0.484. The Balaban J connectivity index is 0.000000292. The first-order valence-electron chi connectivity index (χ1n) is 3.52. The monoisotopic (exact) mass is 160 g/mol. The van der Waals surface area contributed by atoms with Gasteiger partial charge in [0.25, 0.3) is 0 Å². The van der Waals surface area contributed by atoms with Crippen molar-refractivity contribution in [1.29, 1.82) is 0 Å². The van der Waals surface area contributed by atoms with Crippen LogP contribution in [0.15, 0.2) is 0 Å². The van der Waals surface area contributed by atoms with Crippen LogP contribution < -0.4 is 0 Å².